The highest BCUT2D eigenvalue weighted by molar-refractivity contribution is 4.79. The van der Waals surface area contributed by atoms with Crippen molar-refractivity contribution in [3.63, 3.8) is 0 Å². The van der Waals surface area contributed by atoms with E-state index >= 15 is 0 Å². The van der Waals surface area contributed by atoms with Crippen LogP contribution in [0, 0.1) is 11.8 Å². The van der Waals surface area contributed by atoms with Crippen molar-refractivity contribution < 1.29 is 4.74 Å². The third-order valence-electron chi connectivity index (χ3n) is 3.59. The van der Waals surface area contributed by atoms with Crippen LogP contribution < -0.4 is 5.32 Å². The van der Waals surface area contributed by atoms with Gasteiger partial charge in [0.1, 0.15) is 0 Å². The molecule has 0 radical (unpaired) electrons. The predicted molar refractivity (Wildman–Crippen MR) is 53.7 cm³/mol. The van der Waals surface area contributed by atoms with E-state index in [1.807, 2.05) is 0 Å². The Morgan fingerprint density at radius 2 is 2.15 bits per heavy atom. The number of rotatable bonds is 3. The first-order chi connectivity index (χ1) is 6.36. The van der Waals surface area contributed by atoms with Crippen molar-refractivity contribution in [2.24, 2.45) is 11.8 Å². The van der Waals surface area contributed by atoms with Gasteiger partial charge in [-0.05, 0) is 37.6 Å². The zero-order valence-electron chi connectivity index (χ0n) is 8.59. The Kier molecular flexibility index (Phi) is 3.23. The van der Waals surface area contributed by atoms with Crippen molar-refractivity contribution in [1.82, 2.24) is 5.32 Å². The molecular formula is C11H21NO. The molecule has 2 fully saturated rings. The maximum Gasteiger partial charge on any atom is 0.0494 e. The minimum atomic E-state index is 0.751. The summed E-state index contributed by atoms with van der Waals surface area (Å²) in [7, 11) is 0. The quantitative estimate of drug-likeness (QED) is 0.720. The lowest BCUT2D eigenvalue weighted by Gasteiger charge is -2.33. The normalized spacial score (nSPS) is 35.8. The molecule has 0 spiro atoms. The first kappa shape index (κ1) is 9.47. The second-order valence-electron chi connectivity index (χ2n) is 4.64. The molecule has 76 valence electrons. The van der Waals surface area contributed by atoms with E-state index in [1.165, 1.54) is 32.2 Å². The lowest BCUT2D eigenvalue weighted by atomic mass is 9.88. The lowest BCUT2D eigenvalue weighted by molar-refractivity contribution is 0.0228. The minimum absolute atomic E-state index is 0.751. The third kappa shape index (κ3) is 2.44. The molecule has 2 rings (SSSR count). The van der Waals surface area contributed by atoms with E-state index < -0.39 is 0 Å². The summed E-state index contributed by atoms with van der Waals surface area (Å²) in [6, 6.07) is 0.843. The summed E-state index contributed by atoms with van der Waals surface area (Å²) < 4.78 is 5.43. The molecule has 13 heavy (non-hydrogen) atoms. The van der Waals surface area contributed by atoms with Gasteiger partial charge in [-0.1, -0.05) is 13.3 Å². The maximum atomic E-state index is 5.43. The van der Waals surface area contributed by atoms with Gasteiger partial charge in [0, 0.05) is 19.3 Å². The largest absolute Gasteiger partial charge is 0.381 e. The van der Waals surface area contributed by atoms with E-state index in [4.69, 9.17) is 4.74 Å². The van der Waals surface area contributed by atoms with Crippen molar-refractivity contribution in [3.05, 3.63) is 0 Å². The van der Waals surface area contributed by atoms with Crippen molar-refractivity contribution in [2.75, 3.05) is 19.8 Å². The van der Waals surface area contributed by atoms with E-state index in [0.29, 0.717) is 0 Å². The molecule has 1 aliphatic carbocycles. The van der Waals surface area contributed by atoms with Gasteiger partial charge < -0.3 is 10.1 Å². The molecule has 0 aromatic rings. The maximum absolute atomic E-state index is 5.43. The smallest absolute Gasteiger partial charge is 0.0494 e. The monoisotopic (exact) mass is 183 g/mol. The molecule has 2 heteroatoms. The first-order valence-electron chi connectivity index (χ1n) is 5.67. The molecule has 2 atom stereocenters. The van der Waals surface area contributed by atoms with Crippen LogP contribution in [0.1, 0.15) is 32.6 Å². The molecule has 0 bridgehead atoms. The average molecular weight is 183 g/mol. The molecule has 0 aromatic heterocycles. The fourth-order valence-corrected chi connectivity index (χ4v) is 2.16. The zero-order chi connectivity index (χ0) is 9.10. The summed E-state index contributed by atoms with van der Waals surface area (Å²) in [5, 5.41) is 3.66. The molecule has 1 heterocycles. The number of hydrogen-bond donors (Lipinski definition) is 1. The van der Waals surface area contributed by atoms with Gasteiger partial charge in [-0.3, -0.25) is 0 Å². The third-order valence-corrected chi connectivity index (χ3v) is 3.59. The van der Waals surface area contributed by atoms with E-state index in [0.717, 1.165) is 31.1 Å². The van der Waals surface area contributed by atoms with E-state index in [2.05, 4.69) is 12.2 Å². The molecule has 1 saturated heterocycles. The second-order valence-corrected chi connectivity index (χ2v) is 4.64. The second kappa shape index (κ2) is 4.43. The van der Waals surface area contributed by atoms with Crippen LogP contribution >= 0.6 is 0 Å². The Balaban J connectivity index is 1.66. The van der Waals surface area contributed by atoms with Crippen LogP contribution in [-0.4, -0.2) is 25.8 Å². The van der Waals surface area contributed by atoms with Crippen LogP contribution in [0.15, 0.2) is 0 Å². The van der Waals surface area contributed by atoms with Crippen LogP contribution in [0.3, 0.4) is 0 Å². The molecule has 0 aromatic carbocycles. The van der Waals surface area contributed by atoms with Crippen LogP contribution in [0.2, 0.25) is 0 Å². The van der Waals surface area contributed by atoms with E-state index in [9.17, 15) is 0 Å². The number of ether oxygens (including phenoxy) is 1. The van der Waals surface area contributed by atoms with E-state index in [-0.39, 0.29) is 0 Å². The molecule has 1 N–H and O–H groups in total. The topological polar surface area (TPSA) is 21.3 Å². The highest BCUT2D eigenvalue weighted by atomic mass is 16.5. The van der Waals surface area contributed by atoms with Crippen molar-refractivity contribution >= 4 is 0 Å². The van der Waals surface area contributed by atoms with Crippen molar-refractivity contribution in [2.45, 2.75) is 38.6 Å². The summed E-state index contributed by atoms with van der Waals surface area (Å²) in [4.78, 5) is 0. The predicted octanol–water partition coefficient (Wildman–Crippen LogP) is 1.80. The SMILES string of the molecule is CC1COCCC1CNC1CCC1. The summed E-state index contributed by atoms with van der Waals surface area (Å²) in [5.74, 6) is 1.61. The highest BCUT2D eigenvalue weighted by Gasteiger charge is 2.24. The van der Waals surface area contributed by atoms with E-state index in [1.54, 1.807) is 0 Å². The average Bonchev–Trinajstić information content (AvgIpc) is 2.05. The van der Waals surface area contributed by atoms with Crippen LogP contribution in [-0.2, 0) is 4.74 Å². The summed E-state index contributed by atoms with van der Waals surface area (Å²) in [6.07, 6.45) is 5.48. The Bertz CT molecular complexity index is 156. The van der Waals surface area contributed by atoms with Crippen LogP contribution in [0.25, 0.3) is 0 Å². The van der Waals surface area contributed by atoms with Crippen LogP contribution in [0.4, 0.5) is 0 Å². The molecular weight excluding hydrogens is 162 g/mol. The van der Waals surface area contributed by atoms with Gasteiger partial charge in [0.2, 0.25) is 0 Å². The van der Waals surface area contributed by atoms with Gasteiger partial charge in [-0.15, -0.1) is 0 Å². The zero-order valence-corrected chi connectivity index (χ0v) is 8.59. The van der Waals surface area contributed by atoms with Gasteiger partial charge >= 0.3 is 0 Å². The summed E-state index contributed by atoms with van der Waals surface area (Å²) in [6.45, 7) is 5.47. The Morgan fingerprint density at radius 1 is 1.31 bits per heavy atom. The molecule has 2 nitrogen and oxygen atoms in total. The first-order valence-corrected chi connectivity index (χ1v) is 5.67. The van der Waals surface area contributed by atoms with Crippen molar-refractivity contribution in [3.8, 4) is 0 Å². The highest BCUT2D eigenvalue weighted by Crippen LogP contribution is 2.23. The van der Waals surface area contributed by atoms with Gasteiger partial charge in [-0.25, -0.2) is 0 Å². The Labute approximate surface area is 81.0 Å². The molecule has 0 amide bonds. The van der Waals surface area contributed by atoms with Crippen molar-refractivity contribution in [1.29, 1.82) is 0 Å². The molecule has 1 saturated carbocycles. The van der Waals surface area contributed by atoms with Gasteiger partial charge in [0.15, 0.2) is 0 Å². The Morgan fingerprint density at radius 3 is 2.77 bits per heavy atom. The number of nitrogens with one attached hydrogen (secondary N) is 1. The lowest BCUT2D eigenvalue weighted by Crippen LogP contribution is -2.41. The molecule has 2 aliphatic rings. The standard InChI is InChI=1S/C11H21NO/c1-9-8-13-6-5-10(9)7-12-11-3-2-4-11/h9-12H,2-8H2,1H3. The van der Waals surface area contributed by atoms with Gasteiger partial charge in [-0.2, -0.15) is 0 Å². The van der Waals surface area contributed by atoms with Crippen LogP contribution in [0.5, 0.6) is 0 Å². The molecule has 2 unspecified atom stereocenters. The fraction of sp³-hybridized carbons (Fsp3) is 1.00. The Hall–Kier alpha value is -0.0800. The number of hydrogen-bond acceptors (Lipinski definition) is 2. The summed E-state index contributed by atoms with van der Waals surface area (Å²) in [5.41, 5.74) is 0. The van der Waals surface area contributed by atoms with Gasteiger partial charge in [0.25, 0.3) is 0 Å². The fourth-order valence-electron chi connectivity index (χ4n) is 2.16. The summed E-state index contributed by atoms with van der Waals surface area (Å²) >= 11 is 0. The molecule has 1 aliphatic heterocycles. The van der Waals surface area contributed by atoms with Gasteiger partial charge in [0.05, 0.1) is 0 Å². The minimum Gasteiger partial charge on any atom is -0.381 e.